The molecule has 2 amide bonds. The van der Waals surface area contributed by atoms with Crippen molar-refractivity contribution in [3.63, 3.8) is 0 Å². The molecule has 1 heterocycles. The number of rotatable bonds is 5. The van der Waals surface area contributed by atoms with E-state index in [2.05, 4.69) is 15.7 Å². The molecule has 0 aromatic carbocycles. The van der Waals surface area contributed by atoms with Crippen molar-refractivity contribution in [2.75, 3.05) is 17.6 Å². The van der Waals surface area contributed by atoms with Crippen molar-refractivity contribution < 1.29 is 9.00 Å². The van der Waals surface area contributed by atoms with Crippen molar-refractivity contribution in [1.82, 2.24) is 15.1 Å². The number of urea groups is 1. The molecular formula is C15H28N4O2S. The Morgan fingerprint density at radius 2 is 1.91 bits per heavy atom. The van der Waals surface area contributed by atoms with Crippen LogP contribution in [0.15, 0.2) is 0 Å². The fourth-order valence-corrected chi connectivity index (χ4v) is 2.97. The van der Waals surface area contributed by atoms with E-state index in [0.29, 0.717) is 12.3 Å². The third-order valence-electron chi connectivity index (χ3n) is 3.31. The van der Waals surface area contributed by atoms with E-state index in [4.69, 9.17) is 0 Å². The molecule has 1 aromatic heterocycles. The maximum absolute atomic E-state index is 12.0. The molecule has 7 heteroatoms. The minimum atomic E-state index is -0.970. The van der Waals surface area contributed by atoms with Crippen molar-refractivity contribution in [3.8, 4) is 0 Å². The minimum absolute atomic E-state index is 0.242. The van der Waals surface area contributed by atoms with Crippen LogP contribution in [-0.2, 0) is 10.8 Å². The SMILES string of the molecule is Cc1nn(C(C)C)c(C)c1NC(=O)NCC[S@@](=O)C(C)(C)C. The standard InChI is InChI=1S/C15H28N4O2S/c1-10(2)19-12(4)13(11(3)18-19)17-14(20)16-8-9-22(21)15(5,6)7/h10H,8-9H2,1-7H3,(H2,16,17,20)/t22-/m1/s1. The number of carbonyl (C=O) groups excluding carboxylic acids is 1. The fraction of sp³-hybridized carbons (Fsp3) is 0.733. The number of aromatic nitrogens is 2. The molecule has 0 fully saturated rings. The Balaban J connectivity index is 2.58. The van der Waals surface area contributed by atoms with E-state index in [0.717, 1.165) is 17.1 Å². The number of amides is 2. The lowest BCUT2D eigenvalue weighted by molar-refractivity contribution is 0.252. The van der Waals surface area contributed by atoms with E-state index < -0.39 is 10.8 Å². The fourth-order valence-electron chi connectivity index (χ4n) is 2.07. The third kappa shape index (κ3) is 4.83. The first-order valence-electron chi connectivity index (χ1n) is 7.53. The van der Waals surface area contributed by atoms with Gasteiger partial charge in [-0.05, 0) is 48.5 Å². The van der Waals surface area contributed by atoms with Crippen LogP contribution in [0.4, 0.5) is 10.5 Å². The highest BCUT2D eigenvalue weighted by atomic mass is 32.2. The summed E-state index contributed by atoms with van der Waals surface area (Å²) in [6.07, 6.45) is 0. The quantitative estimate of drug-likeness (QED) is 0.872. The smallest absolute Gasteiger partial charge is 0.319 e. The molecule has 0 aliphatic heterocycles. The number of nitrogens with one attached hydrogen (secondary N) is 2. The van der Waals surface area contributed by atoms with Crippen LogP contribution in [0.5, 0.6) is 0 Å². The van der Waals surface area contributed by atoms with Gasteiger partial charge >= 0.3 is 6.03 Å². The summed E-state index contributed by atoms with van der Waals surface area (Å²) in [6.45, 7) is 14.1. The molecule has 0 unspecified atom stereocenters. The first kappa shape index (κ1) is 18.7. The van der Waals surface area contributed by atoms with Crippen LogP contribution in [0, 0.1) is 13.8 Å². The Bertz CT molecular complexity index is 559. The number of hydrogen-bond donors (Lipinski definition) is 2. The lowest BCUT2D eigenvalue weighted by Crippen LogP contribution is -2.35. The topological polar surface area (TPSA) is 76.0 Å². The zero-order valence-corrected chi connectivity index (χ0v) is 15.4. The van der Waals surface area contributed by atoms with Gasteiger partial charge in [0.25, 0.3) is 0 Å². The van der Waals surface area contributed by atoms with Crippen molar-refractivity contribution in [1.29, 1.82) is 0 Å². The van der Waals surface area contributed by atoms with Crippen molar-refractivity contribution in [2.24, 2.45) is 0 Å². The van der Waals surface area contributed by atoms with Gasteiger partial charge in [0.05, 0.1) is 17.1 Å². The van der Waals surface area contributed by atoms with Gasteiger partial charge in [-0.1, -0.05) is 0 Å². The summed E-state index contributed by atoms with van der Waals surface area (Å²) in [5, 5.41) is 10.0. The first-order valence-corrected chi connectivity index (χ1v) is 8.85. The number of aryl methyl sites for hydroxylation is 1. The molecule has 0 saturated carbocycles. The Morgan fingerprint density at radius 1 is 1.32 bits per heavy atom. The predicted octanol–water partition coefficient (Wildman–Crippen LogP) is 2.75. The van der Waals surface area contributed by atoms with Crippen LogP contribution in [0.3, 0.4) is 0 Å². The predicted molar refractivity (Wildman–Crippen MR) is 91.9 cm³/mol. The number of hydrogen-bond acceptors (Lipinski definition) is 3. The molecule has 0 radical (unpaired) electrons. The summed E-state index contributed by atoms with van der Waals surface area (Å²) < 4.78 is 13.5. The van der Waals surface area contributed by atoms with Crippen LogP contribution in [0.1, 0.15) is 52.0 Å². The molecule has 0 bridgehead atoms. The van der Waals surface area contributed by atoms with Crippen molar-refractivity contribution >= 4 is 22.5 Å². The van der Waals surface area contributed by atoms with E-state index in [-0.39, 0.29) is 16.8 Å². The lowest BCUT2D eigenvalue weighted by atomic mass is 10.3. The van der Waals surface area contributed by atoms with E-state index in [1.54, 1.807) is 0 Å². The van der Waals surface area contributed by atoms with Crippen LogP contribution in [0.2, 0.25) is 0 Å². The first-order chi connectivity index (χ1) is 10.0. The second-order valence-corrected chi connectivity index (χ2v) is 8.95. The molecule has 1 atom stereocenters. The van der Waals surface area contributed by atoms with Crippen LogP contribution in [0.25, 0.3) is 0 Å². The van der Waals surface area contributed by atoms with Gasteiger partial charge in [-0.2, -0.15) is 5.10 Å². The molecule has 0 saturated heterocycles. The maximum atomic E-state index is 12.0. The second-order valence-electron chi connectivity index (χ2n) is 6.63. The minimum Gasteiger partial charge on any atom is -0.337 e. The van der Waals surface area contributed by atoms with Crippen LogP contribution >= 0.6 is 0 Å². The molecule has 1 aromatic rings. The second kappa shape index (κ2) is 7.26. The van der Waals surface area contributed by atoms with E-state index in [9.17, 15) is 9.00 Å². The largest absolute Gasteiger partial charge is 0.337 e. The Hall–Kier alpha value is -1.37. The van der Waals surface area contributed by atoms with Gasteiger partial charge in [0.15, 0.2) is 0 Å². The normalized spacial score (nSPS) is 13.3. The Kier molecular flexibility index (Phi) is 6.17. The summed E-state index contributed by atoms with van der Waals surface area (Å²) in [7, 11) is -0.970. The molecule has 22 heavy (non-hydrogen) atoms. The lowest BCUT2D eigenvalue weighted by Gasteiger charge is -2.17. The van der Waals surface area contributed by atoms with Gasteiger partial charge in [-0.15, -0.1) is 0 Å². The summed E-state index contributed by atoms with van der Waals surface area (Å²) in [5.41, 5.74) is 2.46. The Morgan fingerprint density at radius 3 is 2.36 bits per heavy atom. The highest BCUT2D eigenvalue weighted by molar-refractivity contribution is 7.86. The van der Waals surface area contributed by atoms with Gasteiger partial charge in [-0.25, -0.2) is 4.79 Å². The van der Waals surface area contributed by atoms with Gasteiger partial charge < -0.3 is 10.6 Å². The average Bonchev–Trinajstić information content (AvgIpc) is 2.65. The van der Waals surface area contributed by atoms with Crippen LogP contribution in [-0.4, -0.2) is 37.1 Å². The summed E-state index contributed by atoms with van der Waals surface area (Å²) in [6, 6.07) is -0.0491. The molecule has 6 nitrogen and oxygen atoms in total. The molecule has 0 spiro atoms. The molecule has 2 N–H and O–H groups in total. The monoisotopic (exact) mass is 328 g/mol. The summed E-state index contributed by atoms with van der Waals surface area (Å²) >= 11 is 0. The summed E-state index contributed by atoms with van der Waals surface area (Å²) in [5.74, 6) is 0.445. The van der Waals surface area contributed by atoms with Gasteiger partial charge in [-0.3, -0.25) is 8.89 Å². The highest BCUT2D eigenvalue weighted by Crippen LogP contribution is 2.22. The van der Waals surface area contributed by atoms with E-state index in [1.165, 1.54) is 0 Å². The molecule has 0 aliphatic carbocycles. The average molecular weight is 328 g/mol. The Labute approximate surface area is 135 Å². The maximum Gasteiger partial charge on any atom is 0.319 e. The summed E-state index contributed by atoms with van der Waals surface area (Å²) in [4.78, 5) is 12.0. The highest BCUT2D eigenvalue weighted by Gasteiger charge is 2.19. The van der Waals surface area contributed by atoms with Gasteiger partial charge in [0, 0.05) is 33.9 Å². The van der Waals surface area contributed by atoms with E-state index in [1.807, 2.05) is 53.1 Å². The van der Waals surface area contributed by atoms with Crippen molar-refractivity contribution in [3.05, 3.63) is 11.4 Å². The van der Waals surface area contributed by atoms with Crippen molar-refractivity contribution in [2.45, 2.75) is 59.3 Å². The number of nitrogens with zero attached hydrogens (tertiary/aromatic N) is 2. The zero-order valence-electron chi connectivity index (χ0n) is 14.6. The molecule has 126 valence electrons. The number of carbonyl (C=O) groups is 1. The van der Waals surface area contributed by atoms with Gasteiger partial charge in [0.2, 0.25) is 0 Å². The van der Waals surface area contributed by atoms with Gasteiger partial charge in [0.1, 0.15) is 0 Å². The van der Waals surface area contributed by atoms with Crippen LogP contribution < -0.4 is 10.6 Å². The molecular weight excluding hydrogens is 300 g/mol. The zero-order chi connectivity index (χ0) is 17.1. The van der Waals surface area contributed by atoms with E-state index >= 15 is 0 Å². The third-order valence-corrected chi connectivity index (χ3v) is 5.25. The number of anilines is 1. The molecule has 0 aliphatic rings. The molecule has 1 rings (SSSR count).